The molecule has 0 aromatic heterocycles. The number of hydrogen-bond donors (Lipinski definition) is 1. The number of likely N-dealkylation sites (tertiary alicyclic amines) is 1. The van der Waals surface area contributed by atoms with Gasteiger partial charge in [0.1, 0.15) is 5.75 Å². The summed E-state index contributed by atoms with van der Waals surface area (Å²) < 4.78 is 0. The van der Waals surface area contributed by atoms with Crippen molar-refractivity contribution >= 4 is 10.8 Å². The zero-order valence-electron chi connectivity index (χ0n) is 14.7. The molecule has 0 aliphatic carbocycles. The van der Waals surface area contributed by atoms with Gasteiger partial charge in [-0.05, 0) is 54.3 Å². The molecule has 2 nitrogen and oxygen atoms in total. The topological polar surface area (TPSA) is 23.5 Å². The quantitative estimate of drug-likeness (QED) is 0.698. The molecule has 2 heteroatoms. The van der Waals surface area contributed by atoms with Crippen LogP contribution in [0.5, 0.6) is 5.75 Å². The van der Waals surface area contributed by atoms with Crippen molar-refractivity contribution in [3.63, 3.8) is 0 Å². The van der Waals surface area contributed by atoms with Gasteiger partial charge in [0.05, 0.1) is 6.04 Å². The number of fused-ring (bicyclic) bond motifs is 1. The van der Waals surface area contributed by atoms with Crippen molar-refractivity contribution in [2.75, 3.05) is 13.1 Å². The van der Waals surface area contributed by atoms with E-state index in [1.54, 1.807) is 0 Å². The fourth-order valence-corrected chi connectivity index (χ4v) is 4.05. The van der Waals surface area contributed by atoms with Gasteiger partial charge < -0.3 is 5.11 Å². The molecule has 0 radical (unpaired) electrons. The molecule has 1 atom stereocenters. The third kappa shape index (κ3) is 3.14. The van der Waals surface area contributed by atoms with Crippen LogP contribution in [0.25, 0.3) is 10.8 Å². The molecule has 0 spiro atoms. The SMILES string of the molecule is CC1CCN(C(c2ccccc2)c2c(O)ccc3ccccc23)CC1. The van der Waals surface area contributed by atoms with Crippen LogP contribution in [0.15, 0.2) is 66.7 Å². The molecule has 3 aromatic rings. The summed E-state index contributed by atoms with van der Waals surface area (Å²) in [4.78, 5) is 2.54. The molecule has 4 rings (SSSR count). The van der Waals surface area contributed by atoms with Crippen molar-refractivity contribution in [3.8, 4) is 5.75 Å². The lowest BCUT2D eigenvalue weighted by atomic mass is 9.89. The first kappa shape index (κ1) is 16.2. The van der Waals surface area contributed by atoms with E-state index in [4.69, 9.17) is 0 Å². The maximum Gasteiger partial charge on any atom is 0.121 e. The molecule has 1 saturated heterocycles. The number of nitrogens with zero attached hydrogens (tertiary/aromatic N) is 1. The predicted octanol–water partition coefficient (Wildman–Crippen LogP) is 5.37. The van der Waals surface area contributed by atoms with Crippen LogP contribution in [-0.2, 0) is 0 Å². The second kappa shape index (κ2) is 6.89. The fourth-order valence-electron chi connectivity index (χ4n) is 4.05. The van der Waals surface area contributed by atoms with Crippen molar-refractivity contribution in [2.24, 2.45) is 5.92 Å². The standard InChI is InChI=1S/C23H25NO/c1-17-13-15-24(16-14-17)23(19-8-3-2-4-9-19)22-20-10-6-5-7-18(20)11-12-21(22)25/h2-12,17,23,25H,13-16H2,1H3. The Bertz CT molecular complexity index is 850. The normalized spacial score (nSPS) is 17.6. The third-order valence-electron chi connectivity index (χ3n) is 5.52. The summed E-state index contributed by atoms with van der Waals surface area (Å²) in [6.07, 6.45) is 2.43. The largest absolute Gasteiger partial charge is 0.508 e. The predicted molar refractivity (Wildman–Crippen MR) is 104 cm³/mol. The molecular weight excluding hydrogens is 306 g/mol. The Kier molecular flexibility index (Phi) is 4.46. The van der Waals surface area contributed by atoms with Gasteiger partial charge in [-0.15, -0.1) is 0 Å². The molecule has 1 heterocycles. The minimum absolute atomic E-state index is 0.0970. The monoisotopic (exact) mass is 331 g/mol. The lowest BCUT2D eigenvalue weighted by Crippen LogP contribution is -2.36. The van der Waals surface area contributed by atoms with Crippen LogP contribution in [0, 0.1) is 5.92 Å². The highest BCUT2D eigenvalue weighted by molar-refractivity contribution is 5.88. The summed E-state index contributed by atoms with van der Waals surface area (Å²) in [5.74, 6) is 1.18. The second-order valence-electron chi connectivity index (χ2n) is 7.25. The van der Waals surface area contributed by atoms with Crippen molar-refractivity contribution < 1.29 is 5.11 Å². The summed E-state index contributed by atoms with van der Waals surface area (Å²) in [5.41, 5.74) is 2.29. The molecule has 25 heavy (non-hydrogen) atoms. The van der Waals surface area contributed by atoms with Gasteiger partial charge in [-0.3, -0.25) is 4.90 Å². The number of phenolic OH excluding ortho intramolecular Hbond substituents is 1. The van der Waals surface area contributed by atoms with Crippen LogP contribution >= 0.6 is 0 Å². The van der Waals surface area contributed by atoms with Gasteiger partial charge in [-0.1, -0.05) is 67.6 Å². The highest BCUT2D eigenvalue weighted by Gasteiger charge is 2.29. The van der Waals surface area contributed by atoms with E-state index in [1.807, 2.05) is 12.1 Å². The van der Waals surface area contributed by atoms with E-state index in [-0.39, 0.29) is 6.04 Å². The molecule has 1 N–H and O–H groups in total. The average molecular weight is 331 g/mol. The summed E-state index contributed by atoms with van der Waals surface area (Å²) in [5, 5.41) is 13.1. The minimum Gasteiger partial charge on any atom is -0.508 e. The molecule has 1 unspecified atom stereocenters. The Hall–Kier alpha value is -2.32. The van der Waals surface area contributed by atoms with Crippen molar-refractivity contribution in [2.45, 2.75) is 25.8 Å². The number of aromatic hydroxyl groups is 1. The molecule has 128 valence electrons. The van der Waals surface area contributed by atoms with E-state index in [0.717, 1.165) is 30.0 Å². The zero-order chi connectivity index (χ0) is 17.2. The van der Waals surface area contributed by atoms with Gasteiger partial charge in [0.15, 0.2) is 0 Å². The zero-order valence-corrected chi connectivity index (χ0v) is 14.7. The van der Waals surface area contributed by atoms with Gasteiger partial charge in [0.2, 0.25) is 0 Å². The van der Waals surface area contributed by atoms with E-state index in [9.17, 15) is 5.11 Å². The lowest BCUT2D eigenvalue weighted by Gasteiger charge is -2.38. The Morgan fingerprint density at radius 1 is 0.880 bits per heavy atom. The maximum absolute atomic E-state index is 10.8. The van der Waals surface area contributed by atoms with E-state index < -0.39 is 0 Å². The minimum atomic E-state index is 0.0970. The summed E-state index contributed by atoms with van der Waals surface area (Å²) >= 11 is 0. The molecule has 1 aliphatic rings. The first-order chi connectivity index (χ1) is 12.2. The number of benzene rings is 3. The number of piperidine rings is 1. The molecule has 1 fully saturated rings. The Balaban J connectivity index is 1.88. The third-order valence-corrected chi connectivity index (χ3v) is 5.52. The van der Waals surface area contributed by atoms with Crippen LogP contribution in [0.4, 0.5) is 0 Å². The van der Waals surface area contributed by atoms with Crippen LogP contribution in [0.1, 0.15) is 36.9 Å². The van der Waals surface area contributed by atoms with E-state index in [2.05, 4.69) is 66.4 Å². The maximum atomic E-state index is 10.8. The van der Waals surface area contributed by atoms with Crippen molar-refractivity contribution in [3.05, 3.63) is 77.9 Å². The molecule has 0 bridgehead atoms. The Labute approximate surface area is 149 Å². The van der Waals surface area contributed by atoms with Gasteiger partial charge in [0, 0.05) is 5.56 Å². The first-order valence-electron chi connectivity index (χ1n) is 9.23. The Morgan fingerprint density at radius 3 is 2.32 bits per heavy atom. The van der Waals surface area contributed by atoms with Crippen LogP contribution in [-0.4, -0.2) is 23.1 Å². The average Bonchev–Trinajstić information content (AvgIpc) is 2.66. The summed E-state index contributed by atoms with van der Waals surface area (Å²) in [7, 11) is 0. The number of rotatable bonds is 3. The van der Waals surface area contributed by atoms with E-state index in [0.29, 0.717) is 5.75 Å². The van der Waals surface area contributed by atoms with E-state index in [1.165, 1.54) is 23.8 Å². The van der Waals surface area contributed by atoms with Crippen LogP contribution in [0.3, 0.4) is 0 Å². The van der Waals surface area contributed by atoms with E-state index >= 15 is 0 Å². The van der Waals surface area contributed by atoms with Gasteiger partial charge >= 0.3 is 0 Å². The number of phenols is 1. The molecule has 3 aromatic carbocycles. The van der Waals surface area contributed by atoms with Gasteiger partial charge in [0.25, 0.3) is 0 Å². The second-order valence-corrected chi connectivity index (χ2v) is 7.25. The number of hydrogen-bond acceptors (Lipinski definition) is 2. The summed E-state index contributed by atoms with van der Waals surface area (Å²) in [6.45, 7) is 4.48. The van der Waals surface area contributed by atoms with Crippen molar-refractivity contribution in [1.29, 1.82) is 0 Å². The molecular formula is C23H25NO. The van der Waals surface area contributed by atoms with Crippen LogP contribution < -0.4 is 0 Å². The molecule has 0 amide bonds. The molecule has 1 aliphatic heterocycles. The lowest BCUT2D eigenvalue weighted by molar-refractivity contribution is 0.156. The fraction of sp³-hybridized carbons (Fsp3) is 0.304. The highest BCUT2D eigenvalue weighted by atomic mass is 16.3. The summed E-state index contributed by atoms with van der Waals surface area (Å²) in [6, 6.07) is 22.9. The highest BCUT2D eigenvalue weighted by Crippen LogP contribution is 2.40. The first-order valence-corrected chi connectivity index (χ1v) is 9.23. The Morgan fingerprint density at radius 2 is 1.56 bits per heavy atom. The van der Waals surface area contributed by atoms with Crippen LogP contribution in [0.2, 0.25) is 0 Å². The van der Waals surface area contributed by atoms with Crippen molar-refractivity contribution in [1.82, 2.24) is 4.90 Å². The molecule has 0 saturated carbocycles. The smallest absolute Gasteiger partial charge is 0.121 e. The van der Waals surface area contributed by atoms with Gasteiger partial charge in [-0.25, -0.2) is 0 Å². The van der Waals surface area contributed by atoms with Gasteiger partial charge in [-0.2, -0.15) is 0 Å².